The van der Waals surface area contributed by atoms with Crippen molar-refractivity contribution in [3.63, 3.8) is 0 Å². The molecule has 0 atom stereocenters. The summed E-state index contributed by atoms with van der Waals surface area (Å²) in [6.07, 6.45) is 0.468. The Morgan fingerprint density at radius 2 is 1.61 bits per heavy atom. The molecule has 4 amide bonds. The second-order valence-electron chi connectivity index (χ2n) is 8.46. The van der Waals surface area contributed by atoms with Crippen LogP contribution in [0.25, 0.3) is 0 Å². The number of piperazine rings is 1. The van der Waals surface area contributed by atoms with E-state index >= 15 is 0 Å². The van der Waals surface area contributed by atoms with Gasteiger partial charge >= 0.3 is 0 Å². The lowest BCUT2D eigenvalue weighted by Gasteiger charge is -2.34. The average Bonchev–Trinajstić information content (AvgIpc) is 3.34. The maximum Gasteiger partial charge on any atom is 0.265 e. The third-order valence-corrected chi connectivity index (χ3v) is 7.01. The van der Waals surface area contributed by atoms with Crippen LogP contribution in [0.3, 0.4) is 0 Å². The van der Waals surface area contributed by atoms with E-state index < -0.39 is 0 Å². The normalized spacial score (nSPS) is 17.1. The Kier molecular flexibility index (Phi) is 6.57. The van der Waals surface area contributed by atoms with Crippen LogP contribution >= 0.6 is 11.3 Å². The highest BCUT2D eigenvalue weighted by Crippen LogP contribution is 2.24. The zero-order chi connectivity index (χ0) is 23.7. The molecule has 2 fully saturated rings. The molecule has 2 aliphatic heterocycles. The van der Waals surface area contributed by atoms with Crippen molar-refractivity contribution in [3.05, 3.63) is 45.4 Å². The largest absolute Gasteiger partial charge is 0.344 e. The number of hydrogen-bond donors (Lipinski definition) is 0. The van der Waals surface area contributed by atoms with E-state index in [2.05, 4.69) is 9.88 Å². The molecule has 0 bridgehead atoms. The second-order valence-corrected chi connectivity index (χ2v) is 9.54. The third kappa shape index (κ3) is 4.81. The number of benzene rings is 1. The van der Waals surface area contributed by atoms with Crippen LogP contribution in [0.5, 0.6) is 0 Å². The van der Waals surface area contributed by atoms with Crippen molar-refractivity contribution >= 4 is 40.7 Å². The fourth-order valence-electron chi connectivity index (χ4n) is 4.02. The average molecular weight is 470 g/mol. The Morgan fingerprint density at radius 1 is 1.00 bits per heavy atom. The van der Waals surface area contributed by atoms with Crippen molar-refractivity contribution < 1.29 is 19.2 Å². The van der Waals surface area contributed by atoms with Gasteiger partial charge in [-0.1, -0.05) is 0 Å². The summed E-state index contributed by atoms with van der Waals surface area (Å²) < 4.78 is 0. The molecule has 0 spiro atoms. The maximum absolute atomic E-state index is 12.9. The smallest absolute Gasteiger partial charge is 0.265 e. The number of carbonyl (C=O) groups is 4. The van der Waals surface area contributed by atoms with Gasteiger partial charge in [0.1, 0.15) is 9.88 Å². The molecular formula is C23H27N5O4S. The number of hydrogen-bond acceptors (Lipinski definition) is 7. The molecule has 33 heavy (non-hydrogen) atoms. The summed E-state index contributed by atoms with van der Waals surface area (Å²) in [6, 6.07) is 6.65. The van der Waals surface area contributed by atoms with Gasteiger partial charge in [-0.3, -0.25) is 29.0 Å². The minimum absolute atomic E-state index is 0.0313. The summed E-state index contributed by atoms with van der Waals surface area (Å²) in [6.45, 7) is 5.14. The monoisotopic (exact) mass is 469 g/mol. The number of aromatic nitrogens is 1. The Hall–Kier alpha value is -3.11. The number of amides is 4. The molecule has 0 radical (unpaired) electrons. The molecule has 2 saturated heterocycles. The predicted molar refractivity (Wildman–Crippen MR) is 124 cm³/mol. The van der Waals surface area contributed by atoms with Gasteiger partial charge in [0.2, 0.25) is 11.8 Å². The van der Waals surface area contributed by atoms with Crippen LogP contribution in [0, 0.1) is 6.92 Å². The summed E-state index contributed by atoms with van der Waals surface area (Å²) in [5.41, 5.74) is 1.80. The topological polar surface area (TPSA) is 94.1 Å². The van der Waals surface area contributed by atoms with Gasteiger partial charge in [0.25, 0.3) is 11.8 Å². The summed E-state index contributed by atoms with van der Waals surface area (Å²) >= 11 is 1.43. The number of rotatable bonds is 5. The van der Waals surface area contributed by atoms with Crippen molar-refractivity contribution in [2.75, 3.05) is 45.2 Å². The van der Waals surface area contributed by atoms with Crippen LogP contribution in [0.1, 0.15) is 43.6 Å². The minimum Gasteiger partial charge on any atom is -0.344 e. The lowest BCUT2D eigenvalue weighted by molar-refractivity contribution is -0.121. The first-order valence-corrected chi connectivity index (χ1v) is 11.7. The highest BCUT2D eigenvalue weighted by atomic mass is 32.1. The minimum atomic E-state index is -0.205. The molecule has 0 unspecified atom stereocenters. The molecule has 0 N–H and O–H groups in total. The van der Waals surface area contributed by atoms with Gasteiger partial charge in [0.05, 0.1) is 17.9 Å². The molecule has 9 nitrogen and oxygen atoms in total. The van der Waals surface area contributed by atoms with Crippen LogP contribution in [-0.4, -0.2) is 83.6 Å². The molecule has 0 saturated carbocycles. The molecule has 1 aromatic carbocycles. The van der Waals surface area contributed by atoms with E-state index in [9.17, 15) is 19.2 Å². The SMILES string of the molecule is Cc1nc(CN2CCN(C(=O)c3ccc(N4C(=O)CCC4=O)cc3)CC2)sc1C(=O)N(C)C. The van der Waals surface area contributed by atoms with Crippen LogP contribution in [-0.2, 0) is 16.1 Å². The van der Waals surface area contributed by atoms with Crippen molar-refractivity contribution in [3.8, 4) is 0 Å². The summed E-state index contributed by atoms with van der Waals surface area (Å²) in [5.74, 6) is -0.506. The zero-order valence-corrected chi connectivity index (χ0v) is 19.9. The zero-order valence-electron chi connectivity index (χ0n) is 19.0. The van der Waals surface area contributed by atoms with Gasteiger partial charge in [-0.15, -0.1) is 11.3 Å². The van der Waals surface area contributed by atoms with Crippen LogP contribution in [0.4, 0.5) is 5.69 Å². The first kappa shape index (κ1) is 23.1. The molecule has 2 aromatic rings. The summed E-state index contributed by atoms with van der Waals surface area (Å²) in [7, 11) is 3.47. The second kappa shape index (κ2) is 9.40. The fraction of sp³-hybridized carbons (Fsp3) is 0.435. The van der Waals surface area contributed by atoms with Gasteiger partial charge in [-0.2, -0.15) is 0 Å². The number of thiazole rings is 1. The van der Waals surface area contributed by atoms with E-state index in [4.69, 9.17) is 0 Å². The summed E-state index contributed by atoms with van der Waals surface area (Å²) in [4.78, 5) is 61.0. The third-order valence-electron chi connectivity index (χ3n) is 5.88. The molecule has 10 heteroatoms. The first-order chi connectivity index (χ1) is 15.7. The first-order valence-electron chi connectivity index (χ1n) is 10.9. The standard InChI is InChI=1S/C23H27N5O4S/c1-15-21(23(32)25(2)3)33-18(24-15)14-26-10-12-27(13-11-26)22(31)16-4-6-17(7-5-16)28-19(29)8-9-20(28)30/h4-7H,8-14H2,1-3H3. The van der Waals surface area contributed by atoms with E-state index in [0.29, 0.717) is 35.8 Å². The van der Waals surface area contributed by atoms with Crippen molar-refractivity contribution in [2.24, 2.45) is 0 Å². The van der Waals surface area contributed by atoms with Gasteiger partial charge in [0.15, 0.2) is 0 Å². The summed E-state index contributed by atoms with van der Waals surface area (Å²) in [5, 5.41) is 0.902. The van der Waals surface area contributed by atoms with Gasteiger partial charge in [-0.05, 0) is 31.2 Å². The van der Waals surface area contributed by atoms with Crippen molar-refractivity contribution in [1.82, 2.24) is 19.7 Å². The van der Waals surface area contributed by atoms with Gasteiger partial charge in [-0.25, -0.2) is 4.98 Å². The highest BCUT2D eigenvalue weighted by Gasteiger charge is 2.30. The lowest BCUT2D eigenvalue weighted by atomic mass is 10.1. The number of nitrogens with zero attached hydrogens (tertiary/aromatic N) is 5. The van der Waals surface area contributed by atoms with Crippen LogP contribution in [0.2, 0.25) is 0 Å². The number of imide groups is 1. The number of aryl methyl sites for hydroxylation is 1. The van der Waals surface area contributed by atoms with E-state index in [-0.39, 0.29) is 36.5 Å². The van der Waals surface area contributed by atoms with E-state index in [1.807, 2.05) is 11.8 Å². The van der Waals surface area contributed by atoms with Crippen LogP contribution in [0.15, 0.2) is 24.3 Å². The number of carbonyl (C=O) groups excluding carboxylic acids is 4. The van der Waals surface area contributed by atoms with Crippen molar-refractivity contribution in [2.45, 2.75) is 26.3 Å². The Balaban J connectivity index is 1.33. The van der Waals surface area contributed by atoms with E-state index in [1.165, 1.54) is 16.2 Å². The fourth-order valence-corrected chi connectivity index (χ4v) is 5.15. The lowest BCUT2D eigenvalue weighted by Crippen LogP contribution is -2.48. The predicted octanol–water partition coefficient (Wildman–Crippen LogP) is 1.76. The van der Waals surface area contributed by atoms with Crippen molar-refractivity contribution in [1.29, 1.82) is 0 Å². The van der Waals surface area contributed by atoms with Gasteiger partial charge < -0.3 is 9.80 Å². The molecular weight excluding hydrogens is 442 g/mol. The van der Waals surface area contributed by atoms with Gasteiger partial charge in [0, 0.05) is 58.7 Å². The quantitative estimate of drug-likeness (QED) is 0.620. The molecule has 4 rings (SSSR count). The molecule has 174 valence electrons. The number of anilines is 1. The Morgan fingerprint density at radius 3 is 2.18 bits per heavy atom. The molecule has 1 aromatic heterocycles. The Labute approximate surface area is 196 Å². The maximum atomic E-state index is 12.9. The van der Waals surface area contributed by atoms with E-state index in [1.54, 1.807) is 43.3 Å². The van der Waals surface area contributed by atoms with Crippen LogP contribution < -0.4 is 4.90 Å². The Bertz CT molecular complexity index is 1070. The molecule has 0 aliphatic carbocycles. The molecule has 2 aliphatic rings. The highest BCUT2D eigenvalue weighted by molar-refractivity contribution is 7.13. The molecule has 3 heterocycles. The van der Waals surface area contributed by atoms with E-state index in [0.717, 1.165) is 23.8 Å².